The number of allylic oxidation sites excluding steroid dienone is 1. The van der Waals surface area contributed by atoms with Crippen molar-refractivity contribution in [1.29, 1.82) is 0 Å². The second-order valence-electron chi connectivity index (χ2n) is 9.88. The Morgan fingerprint density at radius 1 is 1.12 bits per heavy atom. The number of unbranched alkanes of at least 4 members (excludes halogenated alkanes) is 2. The van der Waals surface area contributed by atoms with Crippen LogP contribution in [0, 0.1) is 5.41 Å². The molecule has 0 radical (unpaired) electrons. The fourth-order valence-corrected chi connectivity index (χ4v) is 5.04. The predicted octanol–water partition coefficient (Wildman–Crippen LogP) is 6.42. The van der Waals surface area contributed by atoms with Crippen molar-refractivity contribution in [3.63, 3.8) is 0 Å². The summed E-state index contributed by atoms with van der Waals surface area (Å²) >= 11 is 0. The van der Waals surface area contributed by atoms with E-state index >= 15 is 0 Å². The normalized spacial score (nSPS) is 19.3. The van der Waals surface area contributed by atoms with Crippen molar-refractivity contribution in [3.05, 3.63) is 65.4 Å². The van der Waals surface area contributed by atoms with Gasteiger partial charge in [0.15, 0.2) is 5.78 Å². The number of ether oxygens (including phenoxy) is 1. The minimum atomic E-state index is -0.496. The number of hydrogen-bond donors (Lipinski definition) is 1. The Hall–Kier alpha value is -3.08. The topological polar surface area (TPSA) is 58.6 Å². The number of para-hydroxylation sites is 2. The molecule has 5 heteroatoms. The van der Waals surface area contributed by atoms with Gasteiger partial charge in [-0.05, 0) is 48.1 Å². The maximum absolute atomic E-state index is 13.8. The van der Waals surface area contributed by atoms with E-state index in [0.29, 0.717) is 24.2 Å². The Labute approximate surface area is 196 Å². The zero-order chi connectivity index (χ0) is 23.6. The summed E-state index contributed by atoms with van der Waals surface area (Å²) in [6.45, 7) is 6.39. The van der Waals surface area contributed by atoms with Crippen LogP contribution in [-0.4, -0.2) is 18.8 Å². The standard InChI is InChI=1S/C28H34N2O3/c1-5-6-7-15-25(32)30-23-14-9-8-13-21(23)29-22-17-28(2,3)18-24(31)26(22)27(30)19-11-10-12-20(16-19)33-4/h8-14,16,27,29H,5-7,15,17-18H2,1-4H3. The monoisotopic (exact) mass is 446 g/mol. The highest BCUT2D eigenvalue weighted by Gasteiger charge is 2.43. The van der Waals surface area contributed by atoms with Crippen LogP contribution in [0.3, 0.4) is 0 Å². The van der Waals surface area contributed by atoms with Gasteiger partial charge >= 0.3 is 0 Å². The minimum absolute atomic E-state index is 0.0388. The number of carbonyl (C=O) groups is 2. The maximum Gasteiger partial charge on any atom is 0.227 e. The van der Waals surface area contributed by atoms with Crippen molar-refractivity contribution in [1.82, 2.24) is 0 Å². The van der Waals surface area contributed by atoms with Crippen LogP contribution in [-0.2, 0) is 9.59 Å². The Kier molecular flexibility index (Phi) is 6.59. The van der Waals surface area contributed by atoms with E-state index in [2.05, 4.69) is 26.1 Å². The highest BCUT2D eigenvalue weighted by atomic mass is 16.5. The number of nitrogens with one attached hydrogen (secondary N) is 1. The van der Waals surface area contributed by atoms with Crippen molar-refractivity contribution in [2.24, 2.45) is 5.41 Å². The van der Waals surface area contributed by atoms with Gasteiger partial charge in [0.05, 0.1) is 24.5 Å². The number of fused-ring (bicyclic) bond motifs is 1. The van der Waals surface area contributed by atoms with Crippen molar-refractivity contribution in [2.45, 2.75) is 65.3 Å². The molecule has 1 unspecified atom stereocenters. The molecule has 1 aliphatic carbocycles. The first-order chi connectivity index (χ1) is 15.8. The molecule has 2 aliphatic rings. The summed E-state index contributed by atoms with van der Waals surface area (Å²) in [5.41, 5.74) is 4.04. The third kappa shape index (κ3) is 4.68. The molecule has 1 N–H and O–H groups in total. The molecule has 4 rings (SSSR count). The molecule has 2 aromatic rings. The second kappa shape index (κ2) is 9.42. The Bertz CT molecular complexity index is 1090. The van der Waals surface area contributed by atoms with E-state index in [-0.39, 0.29) is 17.1 Å². The van der Waals surface area contributed by atoms with Crippen molar-refractivity contribution in [2.75, 3.05) is 17.3 Å². The molecule has 0 bridgehead atoms. The van der Waals surface area contributed by atoms with Gasteiger partial charge in [0.25, 0.3) is 0 Å². The molecule has 1 aliphatic heterocycles. The van der Waals surface area contributed by atoms with Gasteiger partial charge in [-0.15, -0.1) is 0 Å². The highest BCUT2D eigenvalue weighted by Crippen LogP contribution is 2.48. The van der Waals surface area contributed by atoms with Crippen molar-refractivity contribution in [3.8, 4) is 5.75 Å². The van der Waals surface area contributed by atoms with Gasteiger partial charge in [-0.3, -0.25) is 14.5 Å². The van der Waals surface area contributed by atoms with E-state index in [1.165, 1.54) is 0 Å². The van der Waals surface area contributed by atoms with Gasteiger partial charge in [-0.25, -0.2) is 0 Å². The molecule has 1 heterocycles. The number of ketones is 1. The quantitative estimate of drug-likeness (QED) is 0.520. The predicted molar refractivity (Wildman–Crippen MR) is 132 cm³/mol. The van der Waals surface area contributed by atoms with E-state index in [4.69, 9.17) is 4.74 Å². The van der Waals surface area contributed by atoms with E-state index in [0.717, 1.165) is 48.3 Å². The molecule has 0 saturated carbocycles. The summed E-state index contributed by atoms with van der Waals surface area (Å²) in [4.78, 5) is 29.3. The van der Waals surface area contributed by atoms with Gasteiger partial charge in [0.1, 0.15) is 5.75 Å². The molecule has 33 heavy (non-hydrogen) atoms. The lowest BCUT2D eigenvalue weighted by Gasteiger charge is -2.37. The zero-order valence-corrected chi connectivity index (χ0v) is 20.1. The van der Waals surface area contributed by atoms with Crippen LogP contribution in [0.2, 0.25) is 0 Å². The molecule has 1 atom stereocenters. The summed E-state index contributed by atoms with van der Waals surface area (Å²) in [6.07, 6.45) is 4.55. The molecule has 0 aromatic heterocycles. The Morgan fingerprint density at radius 3 is 2.67 bits per heavy atom. The van der Waals surface area contributed by atoms with Gasteiger partial charge in [-0.2, -0.15) is 0 Å². The Morgan fingerprint density at radius 2 is 1.91 bits per heavy atom. The third-order valence-electron chi connectivity index (χ3n) is 6.57. The van der Waals surface area contributed by atoms with Gasteiger partial charge in [-0.1, -0.05) is 57.9 Å². The fourth-order valence-electron chi connectivity index (χ4n) is 5.04. The molecule has 1 amide bonds. The lowest BCUT2D eigenvalue weighted by molar-refractivity contribution is -0.119. The SMILES string of the molecule is CCCCCC(=O)N1c2ccccc2NC2=C(C(=O)CC(C)(C)C2)C1c1cccc(OC)c1. The van der Waals surface area contributed by atoms with E-state index in [1.54, 1.807) is 7.11 Å². The summed E-state index contributed by atoms with van der Waals surface area (Å²) in [6, 6.07) is 15.1. The molecule has 174 valence electrons. The zero-order valence-electron chi connectivity index (χ0n) is 20.1. The summed E-state index contributed by atoms with van der Waals surface area (Å²) in [5, 5.41) is 3.56. The van der Waals surface area contributed by atoms with Crippen LogP contribution in [0.1, 0.15) is 70.9 Å². The first-order valence-electron chi connectivity index (χ1n) is 11.9. The van der Waals surface area contributed by atoms with E-state index < -0.39 is 6.04 Å². The fraction of sp³-hybridized carbons (Fsp3) is 0.429. The average molecular weight is 447 g/mol. The number of rotatable bonds is 6. The van der Waals surface area contributed by atoms with E-state index in [9.17, 15) is 9.59 Å². The first kappa shape index (κ1) is 23.1. The van der Waals surface area contributed by atoms with Crippen molar-refractivity contribution >= 4 is 23.1 Å². The summed E-state index contributed by atoms with van der Waals surface area (Å²) < 4.78 is 5.50. The molecule has 0 fully saturated rings. The highest BCUT2D eigenvalue weighted by molar-refractivity contribution is 6.06. The maximum atomic E-state index is 13.8. The molecular formula is C28H34N2O3. The van der Waals surface area contributed by atoms with Gasteiger partial charge in [0, 0.05) is 24.1 Å². The number of benzene rings is 2. The minimum Gasteiger partial charge on any atom is -0.497 e. The summed E-state index contributed by atoms with van der Waals surface area (Å²) in [7, 11) is 1.63. The van der Waals surface area contributed by atoms with Crippen LogP contribution >= 0.6 is 0 Å². The number of methoxy groups -OCH3 is 1. The molecule has 2 aromatic carbocycles. The lowest BCUT2D eigenvalue weighted by Crippen LogP contribution is -2.39. The third-order valence-corrected chi connectivity index (χ3v) is 6.57. The molecule has 5 nitrogen and oxygen atoms in total. The number of hydrogen-bond acceptors (Lipinski definition) is 4. The number of anilines is 2. The number of amides is 1. The first-order valence-corrected chi connectivity index (χ1v) is 11.9. The Balaban J connectivity index is 1.93. The molecule has 0 spiro atoms. The van der Waals surface area contributed by atoms with Crippen LogP contribution in [0.5, 0.6) is 5.75 Å². The molecular weight excluding hydrogens is 412 g/mol. The second-order valence-corrected chi connectivity index (χ2v) is 9.88. The van der Waals surface area contributed by atoms with Crippen LogP contribution in [0.15, 0.2) is 59.8 Å². The summed E-state index contributed by atoms with van der Waals surface area (Å²) in [5.74, 6) is 0.847. The smallest absolute Gasteiger partial charge is 0.227 e. The van der Waals surface area contributed by atoms with Crippen LogP contribution in [0.25, 0.3) is 0 Å². The number of carbonyl (C=O) groups excluding carboxylic acids is 2. The largest absolute Gasteiger partial charge is 0.497 e. The average Bonchev–Trinajstić information content (AvgIpc) is 2.92. The van der Waals surface area contributed by atoms with Gasteiger partial charge < -0.3 is 10.1 Å². The van der Waals surface area contributed by atoms with Crippen molar-refractivity contribution < 1.29 is 14.3 Å². The number of nitrogens with zero attached hydrogens (tertiary/aromatic N) is 1. The number of Topliss-reactive ketones (excluding diaryl/α,β-unsaturated/α-hetero) is 1. The molecule has 0 saturated heterocycles. The van der Waals surface area contributed by atoms with Gasteiger partial charge in [0.2, 0.25) is 5.91 Å². The van der Waals surface area contributed by atoms with E-state index in [1.807, 2.05) is 53.4 Å². The van der Waals surface area contributed by atoms with Crippen LogP contribution in [0.4, 0.5) is 11.4 Å². The van der Waals surface area contributed by atoms with Crippen LogP contribution < -0.4 is 15.0 Å². The lowest BCUT2D eigenvalue weighted by atomic mass is 9.73.